The summed E-state index contributed by atoms with van der Waals surface area (Å²) < 4.78 is 22.6. The maximum absolute atomic E-state index is 11.9. The molecule has 1 amide bonds. The zero-order valence-electron chi connectivity index (χ0n) is 12.0. The molecule has 0 bridgehead atoms. The minimum atomic E-state index is -3.79. The van der Waals surface area contributed by atoms with Gasteiger partial charge in [-0.05, 0) is 35.9 Å². The summed E-state index contributed by atoms with van der Waals surface area (Å²) in [5.74, 6) is 0.681. The lowest BCUT2D eigenvalue weighted by Crippen LogP contribution is -2.16. The van der Waals surface area contributed by atoms with E-state index in [1.54, 1.807) is 12.1 Å². The van der Waals surface area contributed by atoms with Crippen molar-refractivity contribution in [3.63, 3.8) is 0 Å². The Bertz CT molecular complexity index is 810. The lowest BCUT2D eigenvalue weighted by molar-refractivity contribution is -0.113. The van der Waals surface area contributed by atoms with Crippen LogP contribution in [0.25, 0.3) is 0 Å². The zero-order valence-corrected chi connectivity index (χ0v) is 14.4. The predicted molar refractivity (Wildman–Crippen MR) is 94.1 cm³/mol. The topological polar surface area (TPSA) is 89.3 Å². The third-order valence-electron chi connectivity index (χ3n) is 2.84. The minimum Gasteiger partial charge on any atom is -0.325 e. The zero-order chi connectivity index (χ0) is 16.9. The summed E-state index contributed by atoms with van der Waals surface area (Å²) in [7, 11) is -3.79. The van der Waals surface area contributed by atoms with Crippen molar-refractivity contribution in [3.8, 4) is 0 Å². The third kappa shape index (κ3) is 5.87. The molecule has 2 rings (SSSR count). The summed E-state index contributed by atoms with van der Waals surface area (Å²) in [6, 6.07) is 13.3. The highest BCUT2D eigenvalue weighted by molar-refractivity contribution is 7.99. The molecule has 3 N–H and O–H groups in total. The van der Waals surface area contributed by atoms with Crippen LogP contribution in [-0.4, -0.2) is 20.1 Å². The molecule has 0 spiro atoms. The number of halogens is 1. The normalized spacial score (nSPS) is 11.2. The molecule has 0 aliphatic heterocycles. The highest BCUT2D eigenvalue weighted by Gasteiger charge is 2.09. The Morgan fingerprint density at radius 2 is 1.91 bits per heavy atom. The first-order chi connectivity index (χ1) is 10.8. The number of primary sulfonamides is 1. The van der Waals surface area contributed by atoms with Gasteiger partial charge in [0.05, 0.1) is 10.6 Å². The second-order valence-electron chi connectivity index (χ2n) is 4.74. The van der Waals surface area contributed by atoms with Gasteiger partial charge in [0.15, 0.2) is 0 Å². The molecular weight excluding hydrogens is 356 g/mol. The molecule has 0 heterocycles. The van der Waals surface area contributed by atoms with Gasteiger partial charge in [-0.15, -0.1) is 11.8 Å². The van der Waals surface area contributed by atoms with E-state index in [-0.39, 0.29) is 16.6 Å². The van der Waals surface area contributed by atoms with Gasteiger partial charge >= 0.3 is 0 Å². The summed E-state index contributed by atoms with van der Waals surface area (Å²) in [4.78, 5) is 11.9. The van der Waals surface area contributed by atoms with Crippen LogP contribution in [0.5, 0.6) is 0 Å². The Labute approximate surface area is 144 Å². The van der Waals surface area contributed by atoms with Gasteiger partial charge in [-0.25, -0.2) is 13.6 Å². The number of rotatable bonds is 6. The molecule has 0 aliphatic rings. The van der Waals surface area contributed by atoms with Crippen LogP contribution in [0.15, 0.2) is 53.4 Å². The number of benzene rings is 2. The maximum Gasteiger partial charge on any atom is 0.238 e. The summed E-state index contributed by atoms with van der Waals surface area (Å²) in [5, 5.41) is 8.36. The Morgan fingerprint density at radius 3 is 2.61 bits per heavy atom. The van der Waals surface area contributed by atoms with E-state index in [1.165, 1.54) is 30.0 Å². The van der Waals surface area contributed by atoms with E-state index in [4.69, 9.17) is 16.7 Å². The third-order valence-corrected chi connectivity index (χ3v) is 4.99. The van der Waals surface area contributed by atoms with Crippen molar-refractivity contribution in [1.82, 2.24) is 0 Å². The van der Waals surface area contributed by atoms with E-state index in [0.29, 0.717) is 16.5 Å². The van der Waals surface area contributed by atoms with Gasteiger partial charge in [0.25, 0.3) is 0 Å². The van der Waals surface area contributed by atoms with Crippen molar-refractivity contribution in [2.45, 2.75) is 10.6 Å². The van der Waals surface area contributed by atoms with Crippen LogP contribution in [0, 0.1) is 0 Å². The molecular formula is C15H15ClN2O3S2. The number of nitrogens with two attached hydrogens (primary N) is 1. The maximum atomic E-state index is 11.9. The molecule has 122 valence electrons. The van der Waals surface area contributed by atoms with Crippen LogP contribution < -0.4 is 10.5 Å². The number of amides is 1. The first kappa shape index (κ1) is 17.8. The first-order valence-corrected chi connectivity index (χ1v) is 9.67. The van der Waals surface area contributed by atoms with Crippen molar-refractivity contribution < 1.29 is 13.2 Å². The second-order valence-corrected chi connectivity index (χ2v) is 7.73. The van der Waals surface area contributed by atoms with Crippen LogP contribution in [-0.2, 0) is 20.6 Å². The van der Waals surface area contributed by atoms with Crippen molar-refractivity contribution in [1.29, 1.82) is 0 Å². The van der Waals surface area contributed by atoms with Crippen LogP contribution in [0.4, 0.5) is 5.69 Å². The molecule has 2 aromatic carbocycles. The van der Waals surface area contributed by atoms with E-state index in [2.05, 4.69) is 5.32 Å². The standard InChI is InChI=1S/C15H15ClN2O3S2/c16-12-4-1-3-11(7-12)9-22-10-15(19)18-13-5-2-6-14(8-13)23(17,20)21/h1-8H,9-10H2,(H,18,19)(H2,17,20,21). The lowest BCUT2D eigenvalue weighted by atomic mass is 10.2. The number of carbonyl (C=O) groups excluding carboxylic acids is 1. The number of carbonyl (C=O) groups is 1. The number of hydrogen-bond acceptors (Lipinski definition) is 4. The number of sulfonamides is 1. The lowest BCUT2D eigenvalue weighted by Gasteiger charge is -2.07. The number of thioether (sulfide) groups is 1. The molecule has 0 aromatic heterocycles. The van der Waals surface area contributed by atoms with E-state index >= 15 is 0 Å². The Hall–Kier alpha value is -1.54. The SMILES string of the molecule is NS(=O)(=O)c1cccc(NC(=O)CSCc2cccc(Cl)c2)c1. The van der Waals surface area contributed by atoms with Crippen LogP contribution in [0.2, 0.25) is 5.02 Å². The molecule has 0 unspecified atom stereocenters. The van der Waals surface area contributed by atoms with Gasteiger partial charge in [-0.3, -0.25) is 4.79 Å². The van der Waals surface area contributed by atoms with Gasteiger partial charge in [0.2, 0.25) is 15.9 Å². The molecule has 0 atom stereocenters. The Balaban J connectivity index is 1.88. The fraction of sp³-hybridized carbons (Fsp3) is 0.133. The van der Waals surface area contributed by atoms with Gasteiger partial charge in [-0.2, -0.15) is 0 Å². The van der Waals surface area contributed by atoms with E-state index < -0.39 is 10.0 Å². The summed E-state index contributed by atoms with van der Waals surface area (Å²) in [6.45, 7) is 0. The van der Waals surface area contributed by atoms with Crippen molar-refractivity contribution in [2.75, 3.05) is 11.1 Å². The molecule has 5 nitrogen and oxygen atoms in total. The van der Waals surface area contributed by atoms with Gasteiger partial charge in [0.1, 0.15) is 0 Å². The summed E-state index contributed by atoms with van der Waals surface area (Å²) in [5.41, 5.74) is 1.43. The first-order valence-electron chi connectivity index (χ1n) is 6.59. The molecule has 0 fully saturated rings. The predicted octanol–water partition coefficient (Wildman–Crippen LogP) is 2.86. The molecule has 0 saturated heterocycles. The largest absolute Gasteiger partial charge is 0.325 e. The van der Waals surface area contributed by atoms with Gasteiger partial charge in [0, 0.05) is 16.5 Å². The number of hydrogen-bond donors (Lipinski definition) is 2. The second kappa shape index (κ2) is 7.83. The quantitative estimate of drug-likeness (QED) is 0.818. The number of nitrogens with one attached hydrogen (secondary N) is 1. The van der Waals surface area contributed by atoms with E-state index in [9.17, 15) is 13.2 Å². The fourth-order valence-corrected chi connectivity index (χ4v) is 3.38. The fourth-order valence-electron chi connectivity index (χ4n) is 1.84. The van der Waals surface area contributed by atoms with Crippen molar-refractivity contribution in [3.05, 3.63) is 59.1 Å². The minimum absolute atomic E-state index is 0.0399. The smallest absolute Gasteiger partial charge is 0.238 e. The highest BCUT2D eigenvalue weighted by atomic mass is 35.5. The van der Waals surface area contributed by atoms with Crippen molar-refractivity contribution >= 4 is 45.0 Å². The molecule has 0 aliphatic carbocycles. The van der Waals surface area contributed by atoms with Crippen molar-refractivity contribution in [2.24, 2.45) is 5.14 Å². The van der Waals surface area contributed by atoms with Crippen LogP contribution >= 0.6 is 23.4 Å². The average Bonchev–Trinajstić information content (AvgIpc) is 2.46. The Morgan fingerprint density at radius 1 is 1.17 bits per heavy atom. The monoisotopic (exact) mass is 370 g/mol. The van der Waals surface area contributed by atoms with Crippen LogP contribution in [0.1, 0.15) is 5.56 Å². The summed E-state index contributed by atoms with van der Waals surface area (Å²) in [6.07, 6.45) is 0. The highest BCUT2D eigenvalue weighted by Crippen LogP contribution is 2.18. The molecule has 8 heteroatoms. The van der Waals surface area contributed by atoms with E-state index in [1.807, 2.05) is 18.2 Å². The summed E-state index contributed by atoms with van der Waals surface area (Å²) >= 11 is 7.34. The van der Waals surface area contributed by atoms with Gasteiger partial charge in [-0.1, -0.05) is 29.8 Å². The molecule has 23 heavy (non-hydrogen) atoms. The van der Waals surface area contributed by atoms with E-state index in [0.717, 1.165) is 5.56 Å². The van der Waals surface area contributed by atoms with Gasteiger partial charge < -0.3 is 5.32 Å². The average molecular weight is 371 g/mol. The van der Waals surface area contributed by atoms with Crippen LogP contribution in [0.3, 0.4) is 0 Å². The Kier molecular flexibility index (Phi) is 6.06. The molecule has 0 radical (unpaired) electrons. The number of anilines is 1. The molecule has 0 saturated carbocycles. The molecule has 2 aromatic rings.